The Kier molecular flexibility index (Phi) is 3.57. The number of hydrogen-bond acceptors (Lipinski definition) is 3. The van der Waals surface area contributed by atoms with E-state index in [9.17, 15) is 9.90 Å². The number of nitrogens with zero attached hydrogens (tertiary/aromatic N) is 1. The molecule has 1 aliphatic carbocycles. The summed E-state index contributed by atoms with van der Waals surface area (Å²) in [6.45, 7) is 2.26. The fraction of sp³-hybridized carbons (Fsp3) is 0.929. The van der Waals surface area contributed by atoms with Gasteiger partial charge in [-0.2, -0.15) is 0 Å². The Bertz CT molecular complexity index is 313. The van der Waals surface area contributed by atoms with E-state index in [2.05, 4.69) is 10.2 Å². The van der Waals surface area contributed by atoms with Crippen molar-refractivity contribution in [1.82, 2.24) is 10.2 Å². The van der Waals surface area contributed by atoms with Gasteiger partial charge in [-0.25, -0.2) is 0 Å². The van der Waals surface area contributed by atoms with Gasteiger partial charge in [-0.3, -0.25) is 9.69 Å². The van der Waals surface area contributed by atoms with Gasteiger partial charge < -0.3 is 10.4 Å². The molecule has 4 heteroatoms. The lowest BCUT2D eigenvalue weighted by Gasteiger charge is -2.45. The second kappa shape index (κ2) is 5.17. The van der Waals surface area contributed by atoms with E-state index in [1.807, 2.05) is 0 Å². The van der Waals surface area contributed by atoms with Gasteiger partial charge in [0, 0.05) is 31.6 Å². The maximum absolute atomic E-state index is 11.4. The van der Waals surface area contributed by atoms with Gasteiger partial charge in [-0.05, 0) is 44.4 Å². The van der Waals surface area contributed by atoms with Crippen LogP contribution in [-0.2, 0) is 4.79 Å². The zero-order valence-corrected chi connectivity index (χ0v) is 11.0. The minimum Gasteiger partial charge on any atom is -0.393 e. The van der Waals surface area contributed by atoms with Crippen molar-refractivity contribution in [2.75, 3.05) is 13.1 Å². The summed E-state index contributed by atoms with van der Waals surface area (Å²) in [7, 11) is 0. The highest BCUT2D eigenvalue weighted by Gasteiger charge is 2.36. The smallest absolute Gasteiger partial charge is 0.220 e. The van der Waals surface area contributed by atoms with Crippen LogP contribution in [0, 0.1) is 5.92 Å². The fourth-order valence-electron chi connectivity index (χ4n) is 3.89. The van der Waals surface area contributed by atoms with Crippen molar-refractivity contribution in [2.45, 2.75) is 63.1 Å². The number of fused-ring (bicyclic) bond motifs is 1. The van der Waals surface area contributed by atoms with Crippen LogP contribution in [0.25, 0.3) is 0 Å². The average Bonchev–Trinajstić information content (AvgIpc) is 2.39. The quantitative estimate of drug-likeness (QED) is 0.729. The van der Waals surface area contributed by atoms with Crippen LogP contribution in [0.2, 0.25) is 0 Å². The number of carbonyl (C=O) groups is 1. The van der Waals surface area contributed by atoms with Gasteiger partial charge in [0.2, 0.25) is 5.91 Å². The minimum atomic E-state index is -0.0623. The monoisotopic (exact) mass is 252 g/mol. The highest BCUT2D eigenvalue weighted by Crippen LogP contribution is 2.30. The Morgan fingerprint density at radius 1 is 1.11 bits per heavy atom. The molecule has 2 aliphatic heterocycles. The average molecular weight is 252 g/mol. The zero-order chi connectivity index (χ0) is 12.5. The molecule has 2 heterocycles. The molecule has 3 fully saturated rings. The van der Waals surface area contributed by atoms with E-state index in [0.717, 1.165) is 51.6 Å². The van der Waals surface area contributed by atoms with Crippen LogP contribution in [0.1, 0.15) is 44.9 Å². The predicted octanol–water partition coefficient (Wildman–Crippen LogP) is 0.890. The third-order valence-electron chi connectivity index (χ3n) is 5.04. The van der Waals surface area contributed by atoms with Crippen LogP contribution in [0.3, 0.4) is 0 Å². The molecule has 0 aromatic rings. The van der Waals surface area contributed by atoms with E-state index < -0.39 is 0 Å². The summed E-state index contributed by atoms with van der Waals surface area (Å²) in [5.41, 5.74) is 0. The highest BCUT2D eigenvalue weighted by atomic mass is 16.3. The lowest BCUT2D eigenvalue weighted by atomic mass is 9.83. The Hall–Kier alpha value is -0.610. The van der Waals surface area contributed by atoms with Crippen LogP contribution in [0.4, 0.5) is 0 Å². The fourth-order valence-corrected chi connectivity index (χ4v) is 3.89. The van der Waals surface area contributed by atoms with Crippen molar-refractivity contribution < 1.29 is 9.90 Å². The number of amides is 1. The third kappa shape index (κ3) is 2.54. The summed E-state index contributed by atoms with van der Waals surface area (Å²) in [6.07, 6.45) is 7.03. The Labute approximate surface area is 109 Å². The molecule has 0 bridgehead atoms. The molecular weight excluding hydrogens is 228 g/mol. The summed E-state index contributed by atoms with van der Waals surface area (Å²) < 4.78 is 0. The number of piperidine rings is 2. The van der Waals surface area contributed by atoms with E-state index in [1.54, 1.807) is 0 Å². The van der Waals surface area contributed by atoms with Crippen molar-refractivity contribution in [1.29, 1.82) is 0 Å². The van der Waals surface area contributed by atoms with Crippen molar-refractivity contribution in [3.05, 3.63) is 0 Å². The lowest BCUT2D eigenvalue weighted by Crippen LogP contribution is -2.56. The molecule has 2 atom stereocenters. The van der Waals surface area contributed by atoms with E-state index in [4.69, 9.17) is 0 Å². The minimum absolute atomic E-state index is 0.0623. The molecule has 2 N–H and O–H groups in total. The van der Waals surface area contributed by atoms with Gasteiger partial charge in [-0.1, -0.05) is 0 Å². The predicted molar refractivity (Wildman–Crippen MR) is 69.1 cm³/mol. The summed E-state index contributed by atoms with van der Waals surface area (Å²) >= 11 is 0. The van der Waals surface area contributed by atoms with Gasteiger partial charge in [0.15, 0.2) is 0 Å². The maximum atomic E-state index is 11.4. The first-order valence-corrected chi connectivity index (χ1v) is 7.44. The summed E-state index contributed by atoms with van der Waals surface area (Å²) in [6, 6.07) is 1.10. The van der Waals surface area contributed by atoms with Gasteiger partial charge in [-0.15, -0.1) is 0 Å². The number of aliphatic hydroxyl groups excluding tert-OH is 1. The summed E-state index contributed by atoms with van der Waals surface area (Å²) in [5.74, 6) is 0.897. The summed E-state index contributed by atoms with van der Waals surface area (Å²) in [5, 5.41) is 12.7. The molecule has 0 radical (unpaired) electrons. The largest absolute Gasteiger partial charge is 0.393 e. The zero-order valence-electron chi connectivity index (χ0n) is 11.0. The molecule has 1 amide bonds. The summed E-state index contributed by atoms with van der Waals surface area (Å²) in [4.78, 5) is 14.0. The normalized spacial score (nSPS) is 42.2. The standard InChI is InChI=1S/C14H24N2O2/c17-12-4-2-11(3-5-12)16-8-7-13-10(9-16)1-6-14(18)15-13/h10-13,17H,1-9H2,(H,15,18). The third-order valence-corrected chi connectivity index (χ3v) is 5.04. The van der Waals surface area contributed by atoms with E-state index in [1.165, 1.54) is 0 Å². The number of rotatable bonds is 1. The van der Waals surface area contributed by atoms with Crippen LogP contribution in [0.5, 0.6) is 0 Å². The number of nitrogens with one attached hydrogen (secondary N) is 1. The van der Waals surface area contributed by atoms with Crippen LogP contribution >= 0.6 is 0 Å². The molecule has 3 rings (SSSR count). The van der Waals surface area contributed by atoms with Gasteiger partial charge in [0.1, 0.15) is 0 Å². The van der Waals surface area contributed by atoms with E-state index >= 15 is 0 Å². The van der Waals surface area contributed by atoms with Crippen molar-refractivity contribution in [3.8, 4) is 0 Å². The molecule has 102 valence electrons. The van der Waals surface area contributed by atoms with Crippen LogP contribution in [-0.4, -0.2) is 47.2 Å². The van der Waals surface area contributed by atoms with Gasteiger partial charge in [0.05, 0.1) is 6.10 Å². The van der Waals surface area contributed by atoms with Crippen LogP contribution in [0.15, 0.2) is 0 Å². The maximum Gasteiger partial charge on any atom is 0.220 e. The molecule has 2 saturated heterocycles. The molecule has 3 aliphatic rings. The molecule has 0 spiro atoms. The second-order valence-electron chi connectivity index (χ2n) is 6.22. The topological polar surface area (TPSA) is 52.6 Å². The Morgan fingerprint density at radius 3 is 2.67 bits per heavy atom. The molecule has 0 aromatic carbocycles. The van der Waals surface area contributed by atoms with E-state index in [-0.39, 0.29) is 12.0 Å². The van der Waals surface area contributed by atoms with Crippen molar-refractivity contribution >= 4 is 5.91 Å². The SMILES string of the molecule is O=C1CCC2CN(C3CCC(O)CC3)CCC2N1. The number of likely N-dealkylation sites (tertiary alicyclic amines) is 1. The molecule has 0 aromatic heterocycles. The first-order chi connectivity index (χ1) is 8.72. The van der Waals surface area contributed by atoms with Crippen molar-refractivity contribution in [2.24, 2.45) is 5.92 Å². The lowest BCUT2D eigenvalue weighted by molar-refractivity contribution is -0.125. The molecular formula is C14H24N2O2. The Balaban J connectivity index is 1.55. The van der Waals surface area contributed by atoms with Gasteiger partial charge >= 0.3 is 0 Å². The first-order valence-electron chi connectivity index (χ1n) is 7.44. The number of hydrogen-bond donors (Lipinski definition) is 2. The van der Waals surface area contributed by atoms with E-state index in [0.29, 0.717) is 24.4 Å². The number of carbonyl (C=O) groups excluding carboxylic acids is 1. The van der Waals surface area contributed by atoms with Gasteiger partial charge in [0.25, 0.3) is 0 Å². The highest BCUT2D eigenvalue weighted by molar-refractivity contribution is 5.77. The molecule has 2 unspecified atom stereocenters. The molecule has 18 heavy (non-hydrogen) atoms. The number of aliphatic hydroxyl groups is 1. The molecule has 1 saturated carbocycles. The van der Waals surface area contributed by atoms with Crippen LogP contribution < -0.4 is 5.32 Å². The Morgan fingerprint density at radius 2 is 1.89 bits per heavy atom. The van der Waals surface area contributed by atoms with Crippen molar-refractivity contribution in [3.63, 3.8) is 0 Å². The first kappa shape index (κ1) is 12.4. The second-order valence-corrected chi connectivity index (χ2v) is 6.22. The molecule has 4 nitrogen and oxygen atoms in total.